The van der Waals surface area contributed by atoms with Crippen LogP contribution in [0.5, 0.6) is 0 Å². The molecular formula is C27H28ClN3O. The third-order valence-electron chi connectivity index (χ3n) is 4.97. The number of amides is 1. The van der Waals surface area contributed by atoms with Crippen molar-refractivity contribution in [2.24, 2.45) is 11.5 Å². The fourth-order valence-corrected chi connectivity index (χ4v) is 3.53. The van der Waals surface area contributed by atoms with E-state index >= 15 is 0 Å². The van der Waals surface area contributed by atoms with E-state index in [2.05, 4.69) is 5.32 Å². The topological polar surface area (TPSA) is 81.1 Å². The number of anilines is 1. The normalized spacial score (nSPS) is 11.3. The van der Waals surface area contributed by atoms with E-state index in [-0.39, 0.29) is 5.91 Å². The zero-order valence-corrected chi connectivity index (χ0v) is 18.6. The maximum Gasteiger partial charge on any atom is 0.241 e. The van der Waals surface area contributed by atoms with Gasteiger partial charge in [-0.2, -0.15) is 0 Å². The van der Waals surface area contributed by atoms with Crippen LogP contribution in [-0.2, 0) is 17.6 Å². The Kier molecular flexibility index (Phi) is 8.81. The van der Waals surface area contributed by atoms with Gasteiger partial charge in [0.25, 0.3) is 0 Å². The molecule has 4 rings (SSSR count). The highest BCUT2D eigenvalue weighted by molar-refractivity contribution is 6.30. The molecule has 5 N–H and O–H groups in total. The van der Waals surface area contributed by atoms with E-state index in [1.54, 1.807) is 0 Å². The zero-order valence-electron chi connectivity index (χ0n) is 17.9. The fourth-order valence-electron chi connectivity index (χ4n) is 3.32. The molecule has 0 radical (unpaired) electrons. The lowest BCUT2D eigenvalue weighted by Gasteiger charge is -2.13. The van der Waals surface area contributed by atoms with Crippen molar-refractivity contribution in [1.82, 2.24) is 0 Å². The van der Waals surface area contributed by atoms with Gasteiger partial charge < -0.3 is 16.8 Å². The SMILES string of the molecule is NCCc1cccc(Cl)c1.N[C@@H](Cc1ccccc1)C(=O)Nc1ccc2ccccc2c1. The van der Waals surface area contributed by atoms with Gasteiger partial charge in [0, 0.05) is 10.7 Å². The van der Waals surface area contributed by atoms with Gasteiger partial charge in [0.1, 0.15) is 0 Å². The number of carbonyl (C=O) groups excluding carboxylic acids is 1. The molecule has 0 aliphatic heterocycles. The van der Waals surface area contributed by atoms with E-state index in [4.69, 9.17) is 23.1 Å². The quantitative estimate of drug-likeness (QED) is 0.382. The lowest BCUT2D eigenvalue weighted by Crippen LogP contribution is -2.37. The Morgan fingerprint density at radius 1 is 0.812 bits per heavy atom. The number of benzene rings is 4. The first kappa shape index (κ1) is 23.5. The number of fused-ring (bicyclic) bond motifs is 1. The van der Waals surface area contributed by atoms with Gasteiger partial charge in [-0.05, 0) is 65.6 Å². The number of rotatable bonds is 6. The van der Waals surface area contributed by atoms with Crippen molar-refractivity contribution in [2.75, 3.05) is 11.9 Å². The van der Waals surface area contributed by atoms with E-state index in [1.165, 1.54) is 5.56 Å². The van der Waals surface area contributed by atoms with E-state index < -0.39 is 6.04 Å². The van der Waals surface area contributed by atoms with E-state index in [0.717, 1.165) is 33.5 Å². The Balaban J connectivity index is 0.000000243. The van der Waals surface area contributed by atoms with Gasteiger partial charge in [0.05, 0.1) is 6.04 Å². The first-order chi connectivity index (χ1) is 15.5. The van der Waals surface area contributed by atoms with Crippen LogP contribution in [0.15, 0.2) is 97.1 Å². The molecule has 0 aromatic heterocycles. The molecule has 0 saturated heterocycles. The lowest BCUT2D eigenvalue weighted by molar-refractivity contribution is -0.117. The van der Waals surface area contributed by atoms with Crippen molar-refractivity contribution in [1.29, 1.82) is 0 Å². The highest BCUT2D eigenvalue weighted by atomic mass is 35.5. The molecule has 4 nitrogen and oxygen atoms in total. The molecule has 0 unspecified atom stereocenters. The minimum absolute atomic E-state index is 0.167. The molecule has 0 bridgehead atoms. The third-order valence-corrected chi connectivity index (χ3v) is 5.21. The van der Waals surface area contributed by atoms with Gasteiger partial charge in [-0.1, -0.05) is 84.4 Å². The van der Waals surface area contributed by atoms with Gasteiger partial charge >= 0.3 is 0 Å². The predicted molar refractivity (Wildman–Crippen MR) is 135 cm³/mol. The summed E-state index contributed by atoms with van der Waals surface area (Å²) in [5.74, 6) is -0.167. The molecule has 1 amide bonds. The molecule has 5 heteroatoms. The Morgan fingerprint density at radius 3 is 2.22 bits per heavy atom. The smallest absolute Gasteiger partial charge is 0.241 e. The van der Waals surface area contributed by atoms with Crippen LogP contribution < -0.4 is 16.8 Å². The van der Waals surface area contributed by atoms with Crippen LogP contribution in [0, 0.1) is 0 Å². The highest BCUT2D eigenvalue weighted by Gasteiger charge is 2.14. The minimum atomic E-state index is -0.561. The van der Waals surface area contributed by atoms with Gasteiger partial charge in [-0.15, -0.1) is 0 Å². The Morgan fingerprint density at radius 2 is 1.50 bits per heavy atom. The van der Waals surface area contributed by atoms with Crippen LogP contribution >= 0.6 is 11.6 Å². The Labute approximate surface area is 194 Å². The fraction of sp³-hybridized carbons (Fsp3) is 0.148. The summed E-state index contributed by atoms with van der Waals surface area (Å²) in [5, 5.41) is 5.92. The maximum atomic E-state index is 12.2. The van der Waals surface area contributed by atoms with Gasteiger partial charge in [-0.25, -0.2) is 0 Å². The number of hydrogen-bond acceptors (Lipinski definition) is 3. The molecule has 0 spiro atoms. The first-order valence-corrected chi connectivity index (χ1v) is 11.0. The van der Waals surface area contributed by atoms with Gasteiger partial charge in [0.2, 0.25) is 5.91 Å². The zero-order chi connectivity index (χ0) is 22.8. The number of nitrogens with two attached hydrogens (primary N) is 2. The second-order valence-electron chi connectivity index (χ2n) is 7.52. The molecular weight excluding hydrogens is 418 g/mol. The van der Waals surface area contributed by atoms with Crippen molar-refractivity contribution in [3.05, 3.63) is 113 Å². The molecule has 4 aromatic carbocycles. The summed E-state index contributed by atoms with van der Waals surface area (Å²) in [6.07, 6.45) is 1.43. The van der Waals surface area contributed by atoms with E-state index in [9.17, 15) is 4.79 Å². The molecule has 0 aliphatic rings. The molecule has 1 atom stereocenters. The molecule has 0 saturated carbocycles. The molecule has 164 valence electrons. The number of nitrogens with one attached hydrogen (secondary N) is 1. The van der Waals surface area contributed by atoms with Gasteiger partial charge in [0.15, 0.2) is 0 Å². The number of halogens is 1. The minimum Gasteiger partial charge on any atom is -0.330 e. The summed E-state index contributed by atoms with van der Waals surface area (Å²) in [7, 11) is 0. The summed E-state index contributed by atoms with van der Waals surface area (Å²) in [6.45, 7) is 0.681. The van der Waals surface area contributed by atoms with Crippen LogP contribution in [-0.4, -0.2) is 18.5 Å². The Bertz CT molecular complexity index is 1150. The third kappa shape index (κ3) is 7.20. The average molecular weight is 446 g/mol. The standard InChI is InChI=1S/C19H18N2O.C8H10ClN/c20-18(12-14-6-2-1-3-7-14)19(22)21-17-11-10-15-8-4-5-9-16(15)13-17;9-8-3-1-2-7(6-8)4-5-10/h1-11,13,18H,12,20H2,(H,21,22);1-3,6H,4-5,10H2/t18-;/m0./s1. The van der Waals surface area contributed by atoms with Crippen molar-refractivity contribution >= 4 is 34.0 Å². The monoisotopic (exact) mass is 445 g/mol. The maximum absolute atomic E-state index is 12.2. The Hall–Kier alpha value is -3.18. The summed E-state index contributed by atoms with van der Waals surface area (Å²) in [5.41, 5.74) is 14.4. The van der Waals surface area contributed by atoms with Crippen LogP contribution in [0.2, 0.25) is 5.02 Å². The summed E-state index contributed by atoms with van der Waals surface area (Å²) >= 11 is 5.74. The molecule has 0 aliphatic carbocycles. The number of carbonyl (C=O) groups is 1. The lowest BCUT2D eigenvalue weighted by atomic mass is 10.1. The van der Waals surface area contributed by atoms with Crippen molar-refractivity contribution in [3.63, 3.8) is 0 Å². The predicted octanol–water partition coefficient (Wildman–Crippen LogP) is 5.19. The largest absolute Gasteiger partial charge is 0.330 e. The summed E-state index contributed by atoms with van der Waals surface area (Å²) in [6, 6.07) is 30.9. The van der Waals surface area contributed by atoms with Crippen LogP contribution in [0.3, 0.4) is 0 Å². The van der Waals surface area contributed by atoms with E-state index in [0.29, 0.717) is 13.0 Å². The second-order valence-corrected chi connectivity index (χ2v) is 7.95. The first-order valence-electron chi connectivity index (χ1n) is 10.6. The van der Waals surface area contributed by atoms with Crippen molar-refractivity contribution < 1.29 is 4.79 Å². The average Bonchev–Trinajstić information content (AvgIpc) is 2.80. The summed E-state index contributed by atoms with van der Waals surface area (Å²) in [4.78, 5) is 12.2. The van der Waals surface area contributed by atoms with Crippen LogP contribution in [0.4, 0.5) is 5.69 Å². The summed E-state index contributed by atoms with van der Waals surface area (Å²) < 4.78 is 0. The van der Waals surface area contributed by atoms with Crippen LogP contribution in [0.1, 0.15) is 11.1 Å². The molecule has 0 fully saturated rings. The molecule has 0 heterocycles. The van der Waals surface area contributed by atoms with Crippen molar-refractivity contribution in [2.45, 2.75) is 18.9 Å². The second kappa shape index (κ2) is 12.0. The number of hydrogen-bond donors (Lipinski definition) is 3. The van der Waals surface area contributed by atoms with E-state index in [1.807, 2.05) is 97.1 Å². The van der Waals surface area contributed by atoms with Crippen molar-refractivity contribution in [3.8, 4) is 0 Å². The molecule has 32 heavy (non-hydrogen) atoms. The van der Waals surface area contributed by atoms with Gasteiger partial charge in [-0.3, -0.25) is 4.79 Å². The molecule has 4 aromatic rings. The highest BCUT2D eigenvalue weighted by Crippen LogP contribution is 2.19. The van der Waals surface area contributed by atoms with Crippen LogP contribution in [0.25, 0.3) is 10.8 Å².